The van der Waals surface area contributed by atoms with Crippen molar-refractivity contribution in [1.82, 2.24) is 0 Å². The lowest BCUT2D eigenvalue weighted by Crippen LogP contribution is -2.39. The molecule has 0 atom stereocenters. The smallest absolute Gasteiger partial charge is 0.201 e. The fourth-order valence-electron chi connectivity index (χ4n) is 3.35. The first kappa shape index (κ1) is 14.0. The summed E-state index contributed by atoms with van der Waals surface area (Å²) in [5, 5.41) is 1.45. The van der Waals surface area contributed by atoms with E-state index < -0.39 is 14.9 Å². The maximum absolute atomic E-state index is 7.65. The molecular formula is C23H28NSi+. The lowest BCUT2D eigenvalue weighted by atomic mass is 9.97. The summed E-state index contributed by atoms with van der Waals surface area (Å²) in [6, 6.07) is 18.8. The summed E-state index contributed by atoms with van der Waals surface area (Å²) in [4.78, 5) is 0. The number of benzene rings is 2. The van der Waals surface area contributed by atoms with E-state index in [2.05, 4.69) is 63.0 Å². The maximum atomic E-state index is 7.65. The summed E-state index contributed by atoms with van der Waals surface area (Å²) in [7, 11) is 0.371. The van der Waals surface area contributed by atoms with Crippen LogP contribution in [0.25, 0.3) is 22.4 Å². The maximum Gasteiger partial charge on any atom is 0.212 e. The predicted molar refractivity (Wildman–Crippen MR) is 111 cm³/mol. The van der Waals surface area contributed by atoms with Crippen molar-refractivity contribution in [3.8, 4) is 22.4 Å². The largest absolute Gasteiger partial charge is 0.212 e. The van der Waals surface area contributed by atoms with Crippen molar-refractivity contribution in [2.24, 2.45) is 7.05 Å². The third-order valence-electron chi connectivity index (χ3n) is 4.67. The van der Waals surface area contributed by atoms with E-state index in [1.807, 2.05) is 23.7 Å². The van der Waals surface area contributed by atoms with Crippen LogP contribution < -0.4 is 9.75 Å². The Kier molecular flexibility index (Phi) is 3.71. The molecule has 0 unspecified atom stereocenters. The van der Waals surface area contributed by atoms with Gasteiger partial charge in [-0.05, 0) is 42.6 Å². The summed E-state index contributed by atoms with van der Waals surface area (Å²) in [5.41, 5.74) is 6.24. The molecule has 1 aromatic heterocycles. The van der Waals surface area contributed by atoms with Gasteiger partial charge in [0.2, 0.25) is 5.69 Å². The van der Waals surface area contributed by atoms with Crippen LogP contribution in [-0.4, -0.2) is 8.07 Å². The van der Waals surface area contributed by atoms with E-state index in [0.717, 1.165) is 11.3 Å². The number of hydrogen-bond donors (Lipinski definition) is 0. The summed E-state index contributed by atoms with van der Waals surface area (Å²) in [6.45, 7) is 7.17. The molecular weight excluding hydrogens is 318 g/mol. The molecule has 2 heteroatoms. The Morgan fingerprint density at radius 1 is 0.920 bits per heavy atom. The molecule has 0 aliphatic rings. The molecule has 3 aromatic rings. The first-order valence-corrected chi connectivity index (χ1v) is 12.2. The van der Waals surface area contributed by atoms with E-state index in [-0.39, 0.29) is 0 Å². The Bertz CT molecular complexity index is 1000. The normalized spacial score (nSPS) is 13.9. The van der Waals surface area contributed by atoms with E-state index in [0.29, 0.717) is 5.56 Å². The van der Waals surface area contributed by atoms with E-state index in [9.17, 15) is 0 Å². The first-order chi connectivity index (χ1) is 13.0. The average Bonchev–Trinajstić information content (AvgIpc) is 2.61. The number of aryl methyl sites for hydroxylation is 3. The molecule has 0 amide bonds. The van der Waals surface area contributed by atoms with Crippen molar-refractivity contribution in [2.75, 3.05) is 0 Å². The summed E-state index contributed by atoms with van der Waals surface area (Å²) in [5.74, 6) is 0. The van der Waals surface area contributed by atoms with E-state index in [1.54, 1.807) is 12.3 Å². The van der Waals surface area contributed by atoms with Gasteiger partial charge in [0.05, 0.1) is 8.07 Å². The highest BCUT2D eigenvalue weighted by molar-refractivity contribution is 6.89. The SMILES string of the molecule is [2H]C([2H])([2H])c1ccc(-c2cc(-c3ccccc3)c([Si](C)(C)C)cc2C)[n+](C)c1. The zero-order valence-electron chi connectivity index (χ0n) is 18.7. The first-order valence-electron chi connectivity index (χ1n) is 10.2. The number of nitrogens with zero attached hydrogens (tertiary/aromatic N) is 1. The second kappa shape index (κ2) is 6.60. The monoisotopic (exact) mass is 349 g/mol. The molecule has 3 rings (SSSR count). The molecule has 128 valence electrons. The lowest BCUT2D eigenvalue weighted by Gasteiger charge is -2.23. The van der Waals surface area contributed by atoms with Crippen LogP contribution in [0.5, 0.6) is 0 Å². The number of aromatic nitrogens is 1. The Labute approximate surface area is 157 Å². The Morgan fingerprint density at radius 3 is 2.24 bits per heavy atom. The topological polar surface area (TPSA) is 3.88 Å². The van der Waals surface area contributed by atoms with Gasteiger partial charge in [0.25, 0.3) is 0 Å². The van der Waals surface area contributed by atoms with Gasteiger partial charge < -0.3 is 0 Å². The third-order valence-corrected chi connectivity index (χ3v) is 6.70. The molecule has 0 saturated heterocycles. The van der Waals surface area contributed by atoms with Crippen molar-refractivity contribution < 1.29 is 8.68 Å². The van der Waals surface area contributed by atoms with Crippen molar-refractivity contribution in [2.45, 2.75) is 33.4 Å². The molecule has 0 aliphatic heterocycles. The Morgan fingerprint density at radius 2 is 1.64 bits per heavy atom. The highest BCUT2D eigenvalue weighted by atomic mass is 28.3. The average molecular weight is 350 g/mol. The van der Waals surface area contributed by atoms with E-state index >= 15 is 0 Å². The fourth-order valence-corrected chi connectivity index (χ4v) is 5.02. The molecule has 0 fully saturated rings. The fraction of sp³-hybridized carbons (Fsp3) is 0.261. The Hall–Kier alpha value is -2.19. The number of hydrogen-bond acceptors (Lipinski definition) is 0. The second-order valence-corrected chi connectivity index (χ2v) is 12.8. The predicted octanol–water partition coefficient (Wildman–Crippen LogP) is 5.01. The van der Waals surface area contributed by atoms with E-state index in [1.165, 1.54) is 21.9 Å². The Balaban J connectivity index is 2.24. The molecule has 0 bridgehead atoms. The number of pyridine rings is 1. The summed E-state index contributed by atoms with van der Waals surface area (Å²) in [6.07, 6.45) is 1.72. The molecule has 1 heterocycles. The van der Waals surface area contributed by atoms with Gasteiger partial charge in [-0.1, -0.05) is 61.2 Å². The van der Waals surface area contributed by atoms with Crippen molar-refractivity contribution >= 4 is 13.3 Å². The minimum Gasteiger partial charge on any atom is -0.201 e. The minimum atomic E-state index is -2.10. The van der Waals surface area contributed by atoms with Crippen molar-refractivity contribution in [3.63, 3.8) is 0 Å². The van der Waals surface area contributed by atoms with Crippen LogP contribution in [0.4, 0.5) is 0 Å². The molecule has 1 nitrogen and oxygen atoms in total. The highest BCUT2D eigenvalue weighted by Gasteiger charge is 2.24. The second-order valence-electron chi connectivity index (χ2n) is 7.74. The van der Waals surface area contributed by atoms with Crippen molar-refractivity contribution in [3.05, 3.63) is 71.9 Å². The van der Waals surface area contributed by atoms with Crippen LogP contribution in [-0.2, 0) is 7.05 Å². The van der Waals surface area contributed by atoms with Gasteiger partial charge in [-0.2, -0.15) is 0 Å². The van der Waals surface area contributed by atoms with Gasteiger partial charge in [0.1, 0.15) is 7.05 Å². The van der Waals surface area contributed by atoms with Gasteiger partial charge in [-0.3, -0.25) is 0 Å². The third kappa shape index (κ3) is 3.59. The molecule has 0 saturated carbocycles. The lowest BCUT2D eigenvalue weighted by molar-refractivity contribution is -0.660. The summed E-state index contributed by atoms with van der Waals surface area (Å²) < 4.78 is 24.9. The van der Waals surface area contributed by atoms with Crippen LogP contribution in [0.1, 0.15) is 15.2 Å². The molecule has 0 spiro atoms. The standard InChI is InChI=1S/C23H28NSi/c1-17-12-13-22(24(3)16-17)20-15-21(19-10-8-7-9-11-19)23(14-18(20)2)25(4,5)6/h7-16H,1-6H3/q+1/i1D3. The van der Waals surface area contributed by atoms with Gasteiger partial charge in [-0.15, -0.1) is 0 Å². The molecule has 0 radical (unpaired) electrons. The van der Waals surface area contributed by atoms with Gasteiger partial charge in [0, 0.05) is 21.3 Å². The summed E-state index contributed by atoms with van der Waals surface area (Å²) >= 11 is 0. The van der Waals surface area contributed by atoms with Gasteiger partial charge in [0.15, 0.2) is 6.20 Å². The van der Waals surface area contributed by atoms with Crippen molar-refractivity contribution in [1.29, 1.82) is 0 Å². The molecule has 0 aliphatic carbocycles. The zero-order chi connectivity index (χ0) is 20.7. The van der Waals surface area contributed by atoms with Crippen LogP contribution in [0.3, 0.4) is 0 Å². The van der Waals surface area contributed by atoms with E-state index in [4.69, 9.17) is 4.11 Å². The molecule has 0 N–H and O–H groups in total. The molecule has 25 heavy (non-hydrogen) atoms. The van der Waals surface area contributed by atoms with Crippen LogP contribution in [0, 0.1) is 13.8 Å². The minimum absolute atomic E-state index is 0.360. The van der Waals surface area contributed by atoms with Gasteiger partial charge >= 0.3 is 0 Å². The quantitative estimate of drug-likeness (QED) is 0.462. The van der Waals surface area contributed by atoms with Crippen LogP contribution in [0.15, 0.2) is 60.8 Å². The highest BCUT2D eigenvalue weighted by Crippen LogP contribution is 2.28. The zero-order valence-corrected chi connectivity index (χ0v) is 16.7. The van der Waals surface area contributed by atoms with Gasteiger partial charge in [-0.25, -0.2) is 4.57 Å². The van der Waals surface area contributed by atoms with Crippen LogP contribution >= 0.6 is 0 Å². The van der Waals surface area contributed by atoms with Crippen LogP contribution in [0.2, 0.25) is 19.6 Å². The molecule has 2 aromatic carbocycles. The number of rotatable bonds is 3.